The van der Waals surface area contributed by atoms with Gasteiger partial charge < -0.3 is 5.32 Å². The van der Waals surface area contributed by atoms with Crippen molar-refractivity contribution in [3.8, 4) is 23.3 Å². The van der Waals surface area contributed by atoms with E-state index in [0.717, 1.165) is 10.7 Å². The molecule has 0 spiro atoms. The van der Waals surface area contributed by atoms with Crippen LogP contribution in [0.3, 0.4) is 0 Å². The van der Waals surface area contributed by atoms with Gasteiger partial charge in [0.05, 0.1) is 10.6 Å². The van der Waals surface area contributed by atoms with Gasteiger partial charge >= 0.3 is 6.18 Å². The molecule has 32 heavy (non-hydrogen) atoms. The van der Waals surface area contributed by atoms with Crippen LogP contribution in [-0.2, 0) is 12.7 Å². The molecule has 3 aromatic heterocycles. The Morgan fingerprint density at radius 2 is 1.91 bits per heavy atom. The van der Waals surface area contributed by atoms with Crippen molar-refractivity contribution in [1.82, 2.24) is 29.7 Å². The van der Waals surface area contributed by atoms with Gasteiger partial charge in [-0.05, 0) is 24.3 Å². The van der Waals surface area contributed by atoms with Gasteiger partial charge in [-0.1, -0.05) is 11.6 Å². The second kappa shape index (κ2) is 8.60. The van der Waals surface area contributed by atoms with Crippen molar-refractivity contribution in [2.75, 3.05) is 5.32 Å². The highest BCUT2D eigenvalue weighted by atomic mass is 35.5. The molecule has 0 aliphatic rings. The molecular weight excluding hydrogens is 445 g/mol. The number of rotatable bonds is 5. The average Bonchev–Trinajstić information content (AvgIpc) is 3.33. The first-order valence-corrected chi connectivity index (χ1v) is 9.40. The van der Waals surface area contributed by atoms with E-state index in [0.29, 0.717) is 27.5 Å². The van der Waals surface area contributed by atoms with Crippen LogP contribution in [0.15, 0.2) is 55.4 Å². The van der Waals surface area contributed by atoms with E-state index in [2.05, 4.69) is 30.4 Å². The third-order valence-electron chi connectivity index (χ3n) is 4.30. The van der Waals surface area contributed by atoms with Crippen LogP contribution in [0.4, 0.5) is 18.9 Å². The molecule has 0 aliphatic carbocycles. The van der Waals surface area contributed by atoms with Crippen LogP contribution in [-0.4, -0.2) is 29.7 Å². The van der Waals surface area contributed by atoms with Crippen LogP contribution < -0.4 is 5.32 Å². The summed E-state index contributed by atoms with van der Waals surface area (Å²) in [6.45, 7) is 0.169. The molecule has 1 aromatic carbocycles. The monoisotopic (exact) mass is 456 g/mol. The van der Waals surface area contributed by atoms with Crippen molar-refractivity contribution in [3.63, 3.8) is 0 Å². The normalized spacial score (nSPS) is 11.2. The maximum atomic E-state index is 13.3. The van der Waals surface area contributed by atoms with Gasteiger partial charge in [0, 0.05) is 41.8 Å². The first kappa shape index (κ1) is 21.2. The summed E-state index contributed by atoms with van der Waals surface area (Å²) in [7, 11) is 0. The quantitative estimate of drug-likeness (QED) is 0.478. The van der Waals surface area contributed by atoms with Gasteiger partial charge in [0.1, 0.15) is 24.4 Å². The van der Waals surface area contributed by atoms with Gasteiger partial charge in [-0.15, -0.1) is 0 Å². The van der Waals surface area contributed by atoms with E-state index >= 15 is 0 Å². The molecule has 4 aromatic rings. The smallest absolute Gasteiger partial charge is 0.381 e. The highest BCUT2D eigenvalue weighted by Gasteiger charge is 2.33. The highest BCUT2D eigenvalue weighted by molar-refractivity contribution is 6.31. The lowest BCUT2D eigenvalue weighted by Gasteiger charge is -2.12. The summed E-state index contributed by atoms with van der Waals surface area (Å²) < 4.78 is 40.9. The fraction of sp³-hybridized carbons (Fsp3) is 0.100. The van der Waals surface area contributed by atoms with Crippen LogP contribution in [0.5, 0.6) is 0 Å². The van der Waals surface area contributed by atoms with E-state index in [1.807, 2.05) is 6.07 Å². The average molecular weight is 457 g/mol. The summed E-state index contributed by atoms with van der Waals surface area (Å²) in [5.41, 5.74) is 0.691. The number of halogens is 4. The fourth-order valence-electron chi connectivity index (χ4n) is 2.76. The topological polar surface area (TPSA) is 105 Å². The van der Waals surface area contributed by atoms with Crippen LogP contribution in [0.25, 0.3) is 17.2 Å². The maximum Gasteiger partial charge on any atom is 0.433 e. The second-order valence-electron chi connectivity index (χ2n) is 6.51. The van der Waals surface area contributed by atoms with E-state index in [1.54, 1.807) is 30.6 Å². The Balaban J connectivity index is 1.54. The number of alkyl halides is 3. The van der Waals surface area contributed by atoms with Crippen molar-refractivity contribution in [3.05, 3.63) is 77.2 Å². The van der Waals surface area contributed by atoms with Gasteiger partial charge in [0.2, 0.25) is 0 Å². The molecule has 8 nitrogen and oxygen atoms in total. The summed E-state index contributed by atoms with van der Waals surface area (Å²) in [5, 5.41) is 16.2. The van der Waals surface area contributed by atoms with Gasteiger partial charge in [0.25, 0.3) is 0 Å². The van der Waals surface area contributed by atoms with E-state index in [1.165, 1.54) is 18.7 Å². The molecule has 0 amide bonds. The minimum atomic E-state index is -4.63. The Morgan fingerprint density at radius 3 is 2.56 bits per heavy atom. The highest BCUT2D eigenvalue weighted by Crippen LogP contribution is 2.30. The number of hydrogen-bond acceptors (Lipinski definition) is 7. The van der Waals surface area contributed by atoms with Gasteiger partial charge in [0.15, 0.2) is 11.6 Å². The van der Waals surface area contributed by atoms with Gasteiger partial charge in [-0.25, -0.2) is 24.6 Å². The van der Waals surface area contributed by atoms with E-state index in [-0.39, 0.29) is 18.1 Å². The molecule has 12 heteroatoms. The third kappa shape index (κ3) is 4.65. The molecule has 1 N–H and O–H groups in total. The minimum absolute atomic E-state index is 0.0255. The van der Waals surface area contributed by atoms with E-state index in [4.69, 9.17) is 16.9 Å². The zero-order valence-corrected chi connectivity index (χ0v) is 16.8. The van der Waals surface area contributed by atoms with Crippen molar-refractivity contribution in [2.45, 2.75) is 12.7 Å². The second-order valence-corrected chi connectivity index (χ2v) is 6.92. The number of nitriles is 1. The SMILES string of the molecule is N#Cc1cc(-c2ncc(CNc3cc(-n4cncn4)nc(C(F)(F)F)c3)cn2)ccc1Cl. The molecular formula is C20H12ClF3N8. The Bertz CT molecular complexity index is 1280. The van der Waals surface area contributed by atoms with Crippen LogP contribution in [0.1, 0.15) is 16.8 Å². The number of anilines is 1. The summed E-state index contributed by atoms with van der Waals surface area (Å²) in [4.78, 5) is 15.9. The molecule has 0 saturated carbocycles. The lowest BCUT2D eigenvalue weighted by molar-refractivity contribution is -0.141. The summed E-state index contributed by atoms with van der Waals surface area (Å²) in [5.74, 6) is 0.362. The molecule has 4 rings (SSSR count). The molecule has 0 fully saturated rings. The Hall–Kier alpha value is -4.04. The molecule has 160 valence electrons. The van der Waals surface area contributed by atoms with Crippen molar-refractivity contribution < 1.29 is 13.2 Å². The van der Waals surface area contributed by atoms with Crippen LogP contribution >= 0.6 is 11.6 Å². The van der Waals surface area contributed by atoms with Gasteiger partial charge in [-0.2, -0.15) is 23.5 Å². The van der Waals surface area contributed by atoms with Gasteiger partial charge in [-0.3, -0.25) is 0 Å². The Kier molecular flexibility index (Phi) is 5.70. The molecule has 0 radical (unpaired) electrons. The van der Waals surface area contributed by atoms with Crippen molar-refractivity contribution in [2.24, 2.45) is 0 Å². The summed E-state index contributed by atoms with van der Waals surface area (Å²) in [6, 6.07) is 9.19. The predicted molar refractivity (Wildman–Crippen MR) is 109 cm³/mol. The minimum Gasteiger partial charge on any atom is -0.381 e. The predicted octanol–water partition coefficient (Wildman–Crippen LogP) is 4.28. The van der Waals surface area contributed by atoms with E-state index < -0.39 is 11.9 Å². The first-order chi connectivity index (χ1) is 15.3. The number of pyridine rings is 1. The number of hydrogen-bond donors (Lipinski definition) is 1. The molecule has 0 saturated heterocycles. The number of benzene rings is 1. The zero-order valence-electron chi connectivity index (χ0n) is 16.0. The zero-order chi connectivity index (χ0) is 22.7. The molecule has 0 unspecified atom stereocenters. The molecule has 0 atom stereocenters. The number of nitrogens with zero attached hydrogens (tertiary/aromatic N) is 7. The van der Waals surface area contributed by atoms with Crippen LogP contribution in [0, 0.1) is 11.3 Å². The third-order valence-corrected chi connectivity index (χ3v) is 4.63. The maximum absolute atomic E-state index is 13.3. The van der Waals surface area contributed by atoms with Crippen LogP contribution in [0.2, 0.25) is 5.02 Å². The lowest BCUT2D eigenvalue weighted by atomic mass is 10.1. The first-order valence-electron chi connectivity index (χ1n) is 9.02. The summed E-state index contributed by atoms with van der Waals surface area (Å²) >= 11 is 5.94. The summed E-state index contributed by atoms with van der Waals surface area (Å²) in [6.07, 6.45) is 0.917. The Morgan fingerprint density at radius 1 is 1.12 bits per heavy atom. The number of nitrogens with one attached hydrogen (secondary N) is 1. The number of aromatic nitrogens is 6. The van der Waals surface area contributed by atoms with Crippen molar-refractivity contribution >= 4 is 17.3 Å². The van der Waals surface area contributed by atoms with E-state index in [9.17, 15) is 13.2 Å². The van der Waals surface area contributed by atoms with Crippen molar-refractivity contribution in [1.29, 1.82) is 5.26 Å². The molecule has 3 heterocycles. The fourth-order valence-corrected chi connectivity index (χ4v) is 2.92. The largest absolute Gasteiger partial charge is 0.433 e. The lowest BCUT2D eigenvalue weighted by Crippen LogP contribution is -2.12. The Labute approximate surface area is 184 Å². The molecule has 0 aliphatic heterocycles. The standard InChI is InChI=1S/C20H12ClF3N8/c21-16-2-1-13(3-14(16)6-25)19-28-8-12(9-29-19)7-27-15-4-17(20(22,23)24)31-18(5-15)32-11-26-10-30-32/h1-5,8-11H,7H2,(H,27,31). The molecule has 0 bridgehead atoms.